The van der Waals surface area contributed by atoms with Crippen molar-refractivity contribution in [1.29, 1.82) is 0 Å². The Morgan fingerprint density at radius 3 is 2.78 bits per heavy atom. The number of unbranched alkanes of at least 4 members (excludes halogenated alkanes) is 4. The lowest BCUT2D eigenvalue weighted by molar-refractivity contribution is -0.385. The molecule has 0 spiro atoms. The van der Waals surface area contributed by atoms with Gasteiger partial charge in [0.15, 0.2) is 5.76 Å². The Balaban J connectivity index is 2.14. The summed E-state index contributed by atoms with van der Waals surface area (Å²) in [4.78, 5) is 10.8. The zero-order chi connectivity index (χ0) is 16.7. The van der Waals surface area contributed by atoms with Gasteiger partial charge in [0.25, 0.3) is 5.69 Å². The van der Waals surface area contributed by atoms with E-state index in [9.17, 15) is 10.1 Å². The van der Waals surface area contributed by atoms with Gasteiger partial charge in [0, 0.05) is 25.0 Å². The van der Waals surface area contributed by atoms with Crippen molar-refractivity contribution >= 4 is 11.4 Å². The highest BCUT2D eigenvalue weighted by Gasteiger charge is 2.24. The van der Waals surface area contributed by atoms with Crippen molar-refractivity contribution in [1.82, 2.24) is 0 Å². The van der Waals surface area contributed by atoms with E-state index in [0.29, 0.717) is 11.3 Å². The maximum absolute atomic E-state index is 11.2. The Morgan fingerprint density at radius 2 is 2.13 bits per heavy atom. The topological polar surface area (TPSA) is 61.6 Å². The molecule has 0 fully saturated rings. The zero-order valence-electron chi connectivity index (χ0n) is 13.5. The lowest BCUT2D eigenvalue weighted by atomic mass is 10.1. The first-order valence-electron chi connectivity index (χ1n) is 7.91. The van der Waals surface area contributed by atoms with Crippen molar-refractivity contribution in [3.63, 3.8) is 0 Å². The van der Waals surface area contributed by atoms with Crippen LogP contribution in [0.25, 0.3) is 5.76 Å². The number of rotatable bonds is 6. The smallest absolute Gasteiger partial charge is 0.280 e. The molecule has 0 bridgehead atoms. The van der Waals surface area contributed by atoms with Crippen LogP contribution in [0.2, 0.25) is 0 Å². The molecule has 5 nitrogen and oxygen atoms in total. The third kappa shape index (κ3) is 4.75. The molecule has 0 aliphatic carbocycles. The Labute approximate surface area is 136 Å². The van der Waals surface area contributed by atoms with E-state index in [-0.39, 0.29) is 5.69 Å². The number of nitro benzene ring substituents is 1. The van der Waals surface area contributed by atoms with Crippen LogP contribution in [0, 0.1) is 22.0 Å². The standard InChI is InChI=1S/C18H21NO4/c1-3-4-5-6-7-8-9-15-10-11-17(19(20)21)16(12-15)18-13-22-14(2)23-18/h10-14H,3-7H2,1-2H3. The van der Waals surface area contributed by atoms with Crippen molar-refractivity contribution in [2.45, 2.75) is 52.2 Å². The molecule has 0 amide bonds. The Kier molecular flexibility index (Phi) is 6.04. The largest absolute Gasteiger partial charge is 0.459 e. The van der Waals surface area contributed by atoms with Gasteiger partial charge in [-0.3, -0.25) is 10.1 Å². The molecule has 0 saturated heterocycles. The number of hydrogen-bond acceptors (Lipinski definition) is 4. The van der Waals surface area contributed by atoms with Crippen molar-refractivity contribution < 1.29 is 14.4 Å². The van der Waals surface area contributed by atoms with Crippen molar-refractivity contribution in [3.05, 3.63) is 45.7 Å². The molecule has 0 aromatic heterocycles. The summed E-state index contributed by atoms with van der Waals surface area (Å²) in [6, 6.07) is 4.81. The summed E-state index contributed by atoms with van der Waals surface area (Å²) in [5.41, 5.74) is 1.13. The third-order valence-electron chi connectivity index (χ3n) is 3.51. The van der Waals surface area contributed by atoms with E-state index in [1.807, 2.05) is 0 Å². The molecule has 1 aliphatic rings. The number of ether oxygens (including phenoxy) is 2. The second-order valence-corrected chi connectivity index (χ2v) is 5.41. The maximum Gasteiger partial charge on any atom is 0.280 e. The molecular weight excluding hydrogens is 294 g/mol. The number of hydrogen-bond donors (Lipinski definition) is 0. The summed E-state index contributed by atoms with van der Waals surface area (Å²) in [6.45, 7) is 3.91. The molecule has 1 aromatic rings. The lowest BCUT2D eigenvalue weighted by Gasteiger charge is -2.07. The third-order valence-corrected chi connectivity index (χ3v) is 3.51. The fourth-order valence-corrected chi connectivity index (χ4v) is 2.29. The lowest BCUT2D eigenvalue weighted by Crippen LogP contribution is -2.02. The van der Waals surface area contributed by atoms with Crippen LogP contribution in [0.3, 0.4) is 0 Å². The van der Waals surface area contributed by atoms with Gasteiger partial charge in [-0.15, -0.1) is 0 Å². The Bertz CT molecular complexity index is 655. The van der Waals surface area contributed by atoms with Gasteiger partial charge in [0.2, 0.25) is 6.29 Å². The van der Waals surface area contributed by atoms with Crippen LogP contribution < -0.4 is 0 Å². The summed E-state index contributed by atoms with van der Waals surface area (Å²) in [5.74, 6) is 6.56. The number of nitrogens with zero attached hydrogens (tertiary/aromatic N) is 1. The molecule has 1 aromatic carbocycles. The summed E-state index contributed by atoms with van der Waals surface area (Å²) in [6.07, 6.45) is 6.52. The SMILES string of the molecule is CCCCCCC#Cc1ccc([N+](=O)[O-])c(C2=COC(C)O2)c1. The molecule has 1 aliphatic heterocycles. The van der Waals surface area contributed by atoms with Gasteiger partial charge in [-0.25, -0.2) is 0 Å². The van der Waals surface area contributed by atoms with Crippen molar-refractivity contribution in [2.75, 3.05) is 0 Å². The molecule has 122 valence electrons. The fraction of sp³-hybridized carbons (Fsp3) is 0.444. The van der Waals surface area contributed by atoms with Gasteiger partial charge in [-0.05, 0) is 18.6 Å². The highest BCUT2D eigenvalue weighted by atomic mass is 16.7. The van der Waals surface area contributed by atoms with Gasteiger partial charge >= 0.3 is 0 Å². The van der Waals surface area contributed by atoms with E-state index < -0.39 is 11.2 Å². The van der Waals surface area contributed by atoms with Gasteiger partial charge in [0.05, 0.1) is 10.5 Å². The minimum absolute atomic E-state index is 0.0116. The second-order valence-electron chi connectivity index (χ2n) is 5.41. The Morgan fingerprint density at radius 1 is 1.30 bits per heavy atom. The number of benzene rings is 1. The molecule has 1 unspecified atom stereocenters. The van der Waals surface area contributed by atoms with E-state index >= 15 is 0 Å². The average Bonchev–Trinajstić information content (AvgIpc) is 2.97. The quantitative estimate of drug-likeness (QED) is 0.333. The second kappa shape index (κ2) is 8.23. The Hall–Kier alpha value is -2.48. The molecule has 23 heavy (non-hydrogen) atoms. The normalized spacial score (nSPS) is 15.9. The van der Waals surface area contributed by atoms with E-state index in [0.717, 1.165) is 18.4 Å². The molecule has 1 heterocycles. The van der Waals surface area contributed by atoms with E-state index in [1.165, 1.54) is 31.6 Å². The molecule has 5 heteroatoms. The predicted octanol–water partition coefficient (Wildman–Crippen LogP) is 4.61. The van der Waals surface area contributed by atoms with Crippen molar-refractivity contribution in [2.24, 2.45) is 0 Å². The van der Waals surface area contributed by atoms with Crippen LogP contribution in [0.15, 0.2) is 24.5 Å². The molecule has 0 saturated carbocycles. The van der Waals surface area contributed by atoms with Gasteiger partial charge in [-0.1, -0.05) is 38.0 Å². The molecule has 0 N–H and O–H groups in total. The fourth-order valence-electron chi connectivity index (χ4n) is 2.29. The van der Waals surface area contributed by atoms with Gasteiger partial charge < -0.3 is 9.47 Å². The van der Waals surface area contributed by atoms with Gasteiger partial charge in [0.1, 0.15) is 6.26 Å². The van der Waals surface area contributed by atoms with Crippen LogP contribution in [0.1, 0.15) is 57.1 Å². The first-order valence-corrected chi connectivity index (χ1v) is 7.91. The summed E-state index contributed by atoms with van der Waals surface area (Å²) in [5, 5.41) is 11.2. The summed E-state index contributed by atoms with van der Waals surface area (Å²) < 4.78 is 10.6. The van der Waals surface area contributed by atoms with Crippen LogP contribution in [-0.2, 0) is 9.47 Å². The molecular formula is C18H21NO4. The average molecular weight is 315 g/mol. The first-order chi connectivity index (χ1) is 11.1. The number of nitro groups is 1. The van der Waals surface area contributed by atoms with Gasteiger partial charge in [-0.2, -0.15) is 0 Å². The minimum Gasteiger partial charge on any atom is -0.459 e. The van der Waals surface area contributed by atoms with Crippen LogP contribution in [0.4, 0.5) is 5.69 Å². The maximum atomic E-state index is 11.2. The highest BCUT2D eigenvalue weighted by Crippen LogP contribution is 2.31. The van der Waals surface area contributed by atoms with Crippen molar-refractivity contribution in [3.8, 4) is 11.8 Å². The zero-order valence-corrected chi connectivity index (χ0v) is 13.5. The summed E-state index contributed by atoms with van der Waals surface area (Å²) in [7, 11) is 0. The predicted molar refractivity (Wildman–Crippen MR) is 88.3 cm³/mol. The van der Waals surface area contributed by atoms with Crippen LogP contribution >= 0.6 is 0 Å². The summed E-state index contributed by atoms with van der Waals surface area (Å²) >= 11 is 0. The van der Waals surface area contributed by atoms with E-state index in [1.54, 1.807) is 19.1 Å². The molecule has 2 rings (SSSR count). The van der Waals surface area contributed by atoms with E-state index in [2.05, 4.69) is 18.8 Å². The minimum atomic E-state index is -0.432. The monoisotopic (exact) mass is 315 g/mol. The molecule has 0 radical (unpaired) electrons. The molecule has 1 atom stereocenters. The first kappa shape index (κ1) is 16.9. The van der Waals surface area contributed by atoms with Crippen LogP contribution in [-0.4, -0.2) is 11.2 Å². The van der Waals surface area contributed by atoms with Crippen LogP contribution in [0.5, 0.6) is 0 Å². The highest BCUT2D eigenvalue weighted by molar-refractivity contribution is 5.70. The van der Waals surface area contributed by atoms with E-state index in [4.69, 9.17) is 9.47 Å².